The summed E-state index contributed by atoms with van der Waals surface area (Å²) in [4.78, 5) is 0. The Kier molecular flexibility index (Phi) is 4.40. The lowest BCUT2D eigenvalue weighted by Crippen LogP contribution is -2.37. The van der Waals surface area contributed by atoms with Crippen LogP contribution in [0.2, 0.25) is 5.02 Å². The standard InChI is InChI=1S/C13H17ClF2N2/c14-10-5-9(15)6-11(16)13(10)18-12-4-2-1-3-8(12)7-17/h5-6,8,12,18H,1-4,7,17H2. The third kappa shape index (κ3) is 2.93. The molecule has 0 amide bonds. The summed E-state index contributed by atoms with van der Waals surface area (Å²) in [7, 11) is 0. The average Bonchev–Trinajstić information content (AvgIpc) is 2.34. The van der Waals surface area contributed by atoms with Gasteiger partial charge in [-0.05, 0) is 31.4 Å². The van der Waals surface area contributed by atoms with Gasteiger partial charge in [0.1, 0.15) is 5.82 Å². The Hall–Kier alpha value is -0.870. The minimum Gasteiger partial charge on any atom is -0.378 e. The van der Waals surface area contributed by atoms with Crippen LogP contribution in [-0.2, 0) is 0 Å². The molecule has 1 saturated carbocycles. The molecule has 0 radical (unpaired) electrons. The van der Waals surface area contributed by atoms with Gasteiger partial charge in [-0.1, -0.05) is 24.4 Å². The molecule has 1 aliphatic carbocycles. The molecule has 0 spiro atoms. The lowest BCUT2D eigenvalue weighted by molar-refractivity contribution is 0.332. The molecule has 1 fully saturated rings. The van der Waals surface area contributed by atoms with Gasteiger partial charge in [0.2, 0.25) is 0 Å². The maximum absolute atomic E-state index is 13.7. The predicted octanol–water partition coefficient (Wildman–Crippen LogP) is 3.55. The smallest absolute Gasteiger partial charge is 0.150 e. The van der Waals surface area contributed by atoms with Crippen LogP contribution >= 0.6 is 11.6 Å². The molecular formula is C13H17ClF2N2. The average molecular weight is 275 g/mol. The number of hydrogen-bond donors (Lipinski definition) is 2. The third-order valence-electron chi connectivity index (χ3n) is 3.55. The van der Waals surface area contributed by atoms with Crippen LogP contribution in [0.5, 0.6) is 0 Å². The van der Waals surface area contributed by atoms with Crippen LogP contribution in [0, 0.1) is 17.6 Å². The fourth-order valence-corrected chi connectivity index (χ4v) is 2.79. The van der Waals surface area contributed by atoms with E-state index in [1.165, 1.54) is 0 Å². The van der Waals surface area contributed by atoms with Crippen LogP contribution < -0.4 is 11.1 Å². The highest BCUT2D eigenvalue weighted by Gasteiger charge is 2.25. The number of benzene rings is 1. The number of halogens is 3. The van der Waals surface area contributed by atoms with E-state index in [2.05, 4.69) is 5.32 Å². The summed E-state index contributed by atoms with van der Waals surface area (Å²) in [6.07, 6.45) is 4.22. The van der Waals surface area contributed by atoms with Crippen molar-refractivity contribution in [3.05, 3.63) is 28.8 Å². The van der Waals surface area contributed by atoms with Crippen LogP contribution in [-0.4, -0.2) is 12.6 Å². The van der Waals surface area contributed by atoms with Gasteiger partial charge < -0.3 is 11.1 Å². The zero-order valence-corrected chi connectivity index (χ0v) is 10.8. The van der Waals surface area contributed by atoms with E-state index >= 15 is 0 Å². The first-order valence-electron chi connectivity index (χ1n) is 6.23. The van der Waals surface area contributed by atoms with Crippen LogP contribution in [0.4, 0.5) is 14.5 Å². The Bertz CT molecular complexity index is 402. The minimum absolute atomic E-state index is 0.0776. The number of anilines is 1. The van der Waals surface area contributed by atoms with Crippen molar-refractivity contribution in [3.8, 4) is 0 Å². The molecule has 18 heavy (non-hydrogen) atoms. The molecule has 0 aliphatic heterocycles. The Morgan fingerprint density at radius 3 is 2.67 bits per heavy atom. The van der Waals surface area contributed by atoms with E-state index in [4.69, 9.17) is 17.3 Å². The Labute approximate surface area is 111 Å². The summed E-state index contributed by atoms with van der Waals surface area (Å²) in [6.45, 7) is 0.568. The number of rotatable bonds is 3. The van der Waals surface area contributed by atoms with Crippen LogP contribution in [0.3, 0.4) is 0 Å². The van der Waals surface area contributed by atoms with Gasteiger partial charge in [-0.15, -0.1) is 0 Å². The van der Waals surface area contributed by atoms with Crippen molar-refractivity contribution in [2.75, 3.05) is 11.9 Å². The van der Waals surface area contributed by atoms with Gasteiger partial charge in [0.25, 0.3) is 0 Å². The summed E-state index contributed by atoms with van der Waals surface area (Å²) < 4.78 is 26.6. The lowest BCUT2D eigenvalue weighted by atomic mass is 9.84. The molecule has 2 nitrogen and oxygen atoms in total. The molecule has 100 valence electrons. The van der Waals surface area contributed by atoms with E-state index in [-0.39, 0.29) is 16.8 Å². The quantitative estimate of drug-likeness (QED) is 0.885. The predicted molar refractivity (Wildman–Crippen MR) is 69.8 cm³/mol. The molecule has 5 heteroatoms. The second kappa shape index (κ2) is 5.85. The number of nitrogens with one attached hydrogen (secondary N) is 1. The lowest BCUT2D eigenvalue weighted by Gasteiger charge is -2.32. The summed E-state index contributed by atoms with van der Waals surface area (Å²) in [5.74, 6) is -0.998. The first-order valence-corrected chi connectivity index (χ1v) is 6.60. The maximum Gasteiger partial charge on any atom is 0.150 e. The normalized spacial score (nSPS) is 24.0. The van der Waals surface area contributed by atoms with Gasteiger partial charge in [-0.3, -0.25) is 0 Å². The van der Waals surface area contributed by atoms with Crippen molar-refractivity contribution >= 4 is 17.3 Å². The van der Waals surface area contributed by atoms with Crippen molar-refractivity contribution in [3.63, 3.8) is 0 Å². The zero-order valence-electron chi connectivity index (χ0n) is 10.1. The molecule has 0 saturated heterocycles. The maximum atomic E-state index is 13.7. The van der Waals surface area contributed by atoms with E-state index in [1.54, 1.807) is 0 Å². The minimum atomic E-state index is -0.665. The van der Waals surface area contributed by atoms with Crippen molar-refractivity contribution < 1.29 is 8.78 Å². The number of hydrogen-bond acceptors (Lipinski definition) is 2. The van der Waals surface area contributed by atoms with Crippen LogP contribution in [0.1, 0.15) is 25.7 Å². The van der Waals surface area contributed by atoms with Crippen molar-refractivity contribution in [1.29, 1.82) is 0 Å². The first kappa shape index (κ1) is 13.6. The summed E-state index contributed by atoms with van der Waals surface area (Å²) in [5.41, 5.74) is 5.90. The molecule has 1 aromatic rings. The van der Waals surface area contributed by atoms with E-state index in [1.807, 2.05) is 0 Å². The Balaban J connectivity index is 2.17. The zero-order chi connectivity index (χ0) is 13.1. The highest BCUT2D eigenvalue weighted by molar-refractivity contribution is 6.33. The molecular weight excluding hydrogens is 258 g/mol. The number of nitrogens with two attached hydrogens (primary N) is 1. The van der Waals surface area contributed by atoms with Crippen molar-refractivity contribution in [2.45, 2.75) is 31.7 Å². The molecule has 2 atom stereocenters. The van der Waals surface area contributed by atoms with E-state index in [9.17, 15) is 8.78 Å². The largest absolute Gasteiger partial charge is 0.378 e. The molecule has 0 heterocycles. The fourth-order valence-electron chi connectivity index (χ4n) is 2.55. The van der Waals surface area contributed by atoms with Gasteiger partial charge in [0.15, 0.2) is 5.82 Å². The van der Waals surface area contributed by atoms with Crippen molar-refractivity contribution in [2.24, 2.45) is 11.7 Å². The molecule has 1 aliphatic rings. The van der Waals surface area contributed by atoms with Gasteiger partial charge in [-0.25, -0.2) is 8.78 Å². The Morgan fingerprint density at radius 2 is 2.00 bits per heavy atom. The second-order valence-corrected chi connectivity index (χ2v) is 5.18. The SMILES string of the molecule is NCC1CCCCC1Nc1c(F)cc(F)cc1Cl. The topological polar surface area (TPSA) is 38.0 Å². The highest BCUT2D eigenvalue weighted by Crippen LogP contribution is 2.31. The van der Waals surface area contributed by atoms with Crippen LogP contribution in [0.15, 0.2) is 12.1 Å². The fraction of sp³-hybridized carbons (Fsp3) is 0.538. The monoisotopic (exact) mass is 274 g/mol. The van der Waals surface area contributed by atoms with E-state index in [0.29, 0.717) is 12.5 Å². The first-order chi connectivity index (χ1) is 8.61. The summed E-state index contributed by atoms with van der Waals surface area (Å²) in [5, 5.41) is 3.17. The van der Waals surface area contributed by atoms with Gasteiger partial charge >= 0.3 is 0 Å². The Morgan fingerprint density at radius 1 is 1.28 bits per heavy atom. The molecule has 2 unspecified atom stereocenters. The molecule has 0 aromatic heterocycles. The molecule has 3 N–H and O–H groups in total. The van der Waals surface area contributed by atoms with Crippen molar-refractivity contribution in [1.82, 2.24) is 0 Å². The van der Waals surface area contributed by atoms with E-state index < -0.39 is 11.6 Å². The highest BCUT2D eigenvalue weighted by atomic mass is 35.5. The summed E-state index contributed by atoms with van der Waals surface area (Å²) >= 11 is 5.87. The summed E-state index contributed by atoms with van der Waals surface area (Å²) in [6, 6.07) is 2.07. The molecule has 2 rings (SSSR count). The van der Waals surface area contributed by atoms with E-state index in [0.717, 1.165) is 37.8 Å². The second-order valence-electron chi connectivity index (χ2n) is 4.78. The third-order valence-corrected chi connectivity index (χ3v) is 3.85. The van der Waals surface area contributed by atoms with Gasteiger partial charge in [0, 0.05) is 12.1 Å². The molecule has 0 bridgehead atoms. The molecule has 1 aromatic carbocycles. The van der Waals surface area contributed by atoms with Crippen LogP contribution in [0.25, 0.3) is 0 Å². The van der Waals surface area contributed by atoms with Gasteiger partial charge in [-0.2, -0.15) is 0 Å². The van der Waals surface area contributed by atoms with Gasteiger partial charge in [0.05, 0.1) is 10.7 Å².